The Morgan fingerprint density at radius 2 is 2.29 bits per heavy atom. The predicted molar refractivity (Wildman–Crippen MR) is 89.8 cm³/mol. The van der Waals surface area contributed by atoms with Gasteiger partial charge in [0.2, 0.25) is 5.95 Å². The minimum Gasteiger partial charge on any atom is -0.350 e. The molecule has 0 amide bonds. The van der Waals surface area contributed by atoms with Gasteiger partial charge in [-0.25, -0.2) is 14.4 Å². The first-order valence-electron chi connectivity index (χ1n) is 8.52. The van der Waals surface area contributed by atoms with Gasteiger partial charge in [0.25, 0.3) is 0 Å². The minimum absolute atomic E-state index is 0.347. The molecule has 1 aromatic heterocycles. The number of hydrogen-bond donors (Lipinski definition) is 3. The van der Waals surface area contributed by atoms with Crippen LogP contribution in [0.4, 0.5) is 10.3 Å². The zero-order valence-electron chi connectivity index (χ0n) is 13.2. The number of fused-ring (bicyclic) bond motifs is 2. The van der Waals surface area contributed by atoms with Gasteiger partial charge in [0.1, 0.15) is 17.9 Å². The molecule has 2 unspecified atom stereocenters. The molecule has 0 aromatic carbocycles. The van der Waals surface area contributed by atoms with Crippen molar-refractivity contribution >= 4 is 11.7 Å². The van der Waals surface area contributed by atoms with E-state index in [1.165, 1.54) is 0 Å². The maximum atomic E-state index is 14.1. The minimum atomic E-state index is -1.04. The number of halogens is 1. The first-order valence-corrected chi connectivity index (χ1v) is 8.52. The summed E-state index contributed by atoms with van der Waals surface area (Å²) in [5.74, 6) is 0.626. The molecule has 3 N–H and O–H groups in total. The second kappa shape index (κ2) is 5.37. The highest BCUT2D eigenvalue weighted by molar-refractivity contribution is 6.16. The van der Waals surface area contributed by atoms with E-state index < -0.39 is 6.17 Å². The van der Waals surface area contributed by atoms with Gasteiger partial charge in [0.15, 0.2) is 0 Å². The topological polar surface area (TPSA) is 74.2 Å². The third-order valence-corrected chi connectivity index (χ3v) is 5.13. The number of aromatic nitrogens is 2. The molecule has 0 spiro atoms. The average Bonchev–Trinajstić information content (AvgIpc) is 3.06. The van der Waals surface area contributed by atoms with Crippen LogP contribution >= 0.6 is 0 Å². The van der Waals surface area contributed by atoms with Crippen LogP contribution in [-0.2, 0) is 6.42 Å². The number of anilines is 1. The van der Waals surface area contributed by atoms with Crippen molar-refractivity contribution in [3.63, 3.8) is 0 Å². The molecule has 4 aliphatic rings. The summed E-state index contributed by atoms with van der Waals surface area (Å²) in [5, 5.41) is 11.2. The number of piperidine rings is 1. The fourth-order valence-corrected chi connectivity index (χ4v) is 3.91. The zero-order chi connectivity index (χ0) is 16.1. The number of allylic oxidation sites excluding steroid dienone is 2. The van der Waals surface area contributed by atoms with Crippen LogP contribution in [0.15, 0.2) is 34.6 Å². The molecule has 3 heterocycles. The van der Waals surface area contributed by atoms with Crippen LogP contribution in [-0.4, -0.2) is 47.0 Å². The second-order valence-corrected chi connectivity index (χ2v) is 6.74. The number of rotatable bonds is 2. The number of nitrogens with one attached hydrogen (secondary N) is 3. The molecular weight excluding hydrogens is 307 g/mol. The molecule has 2 aliphatic heterocycles. The molecule has 0 bridgehead atoms. The van der Waals surface area contributed by atoms with Gasteiger partial charge in [0.05, 0.1) is 5.69 Å². The molecule has 0 radical (unpaired) electrons. The van der Waals surface area contributed by atoms with E-state index in [4.69, 9.17) is 4.98 Å². The molecule has 1 fully saturated rings. The predicted octanol–water partition coefficient (Wildman–Crippen LogP) is 1.08. The van der Waals surface area contributed by atoms with Gasteiger partial charge in [0, 0.05) is 36.3 Å². The zero-order valence-corrected chi connectivity index (χ0v) is 13.2. The van der Waals surface area contributed by atoms with Gasteiger partial charge < -0.3 is 10.6 Å². The average molecular weight is 326 g/mol. The number of hydrogen-bond acceptors (Lipinski definition) is 6. The fraction of sp³-hybridized carbons (Fsp3) is 0.471. The lowest BCUT2D eigenvalue weighted by Gasteiger charge is -2.27. The Balaban J connectivity index is 1.47. The van der Waals surface area contributed by atoms with Crippen molar-refractivity contribution in [1.82, 2.24) is 20.7 Å². The summed E-state index contributed by atoms with van der Waals surface area (Å²) < 4.78 is 14.1. The Bertz CT molecular complexity index is 777. The van der Waals surface area contributed by atoms with E-state index in [0.717, 1.165) is 60.5 Å². The van der Waals surface area contributed by atoms with E-state index in [1.54, 1.807) is 6.08 Å². The van der Waals surface area contributed by atoms with Crippen LogP contribution in [0.3, 0.4) is 0 Å². The van der Waals surface area contributed by atoms with E-state index in [9.17, 15) is 4.39 Å². The molecule has 6 nitrogen and oxygen atoms in total. The largest absolute Gasteiger partial charge is 0.350 e. The number of hydrazone groups is 1. The molecule has 7 heteroatoms. The van der Waals surface area contributed by atoms with Crippen molar-refractivity contribution in [2.75, 3.05) is 18.4 Å². The van der Waals surface area contributed by atoms with E-state index in [1.807, 2.05) is 12.3 Å². The van der Waals surface area contributed by atoms with Crippen LogP contribution in [0.25, 0.3) is 0 Å². The summed E-state index contributed by atoms with van der Waals surface area (Å²) in [4.78, 5) is 9.18. The molecule has 24 heavy (non-hydrogen) atoms. The summed E-state index contributed by atoms with van der Waals surface area (Å²) in [6.07, 6.45) is 7.31. The summed E-state index contributed by atoms with van der Waals surface area (Å²) >= 11 is 0. The SMILES string of the molecule is FC1C=CC2=C3C(=NNC31)c1nc(N[C@H]3CCCNC3)ncc1C2. The van der Waals surface area contributed by atoms with Crippen molar-refractivity contribution in [3.8, 4) is 0 Å². The highest BCUT2D eigenvalue weighted by Crippen LogP contribution is 2.35. The van der Waals surface area contributed by atoms with Crippen LogP contribution in [0, 0.1) is 0 Å². The molecule has 3 atom stereocenters. The molecule has 0 saturated carbocycles. The van der Waals surface area contributed by atoms with Crippen molar-refractivity contribution in [2.24, 2.45) is 5.10 Å². The molecule has 5 rings (SSSR count). The highest BCUT2D eigenvalue weighted by Gasteiger charge is 2.40. The third-order valence-electron chi connectivity index (χ3n) is 5.13. The van der Waals surface area contributed by atoms with Gasteiger partial charge in [-0.2, -0.15) is 5.10 Å². The van der Waals surface area contributed by atoms with E-state index >= 15 is 0 Å². The maximum Gasteiger partial charge on any atom is 0.223 e. The Labute approximate surface area is 139 Å². The maximum absolute atomic E-state index is 14.1. The van der Waals surface area contributed by atoms with Crippen LogP contribution in [0.2, 0.25) is 0 Å². The van der Waals surface area contributed by atoms with Gasteiger partial charge in [-0.3, -0.25) is 5.43 Å². The van der Waals surface area contributed by atoms with Crippen molar-refractivity contribution in [1.29, 1.82) is 0 Å². The van der Waals surface area contributed by atoms with Crippen LogP contribution in [0.1, 0.15) is 24.1 Å². The standard InChI is InChI=1S/C17H19FN6/c18-12-4-3-9-6-10-7-20-17(21-11-2-1-5-19-8-11)22-14(10)16-13(9)15(12)23-24-16/h3-4,7,11-12,15,19,23H,1-2,5-6,8H2,(H,20,21,22)/t11-,12?,15?/m0/s1. The van der Waals surface area contributed by atoms with Gasteiger partial charge >= 0.3 is 0 Å². The second-order valence-electron chi connectivity index (χ2n) is 6.74. The third kappa shape index (κ3) is 2.15. The first kappa shape index (κ1) is 14.1. The van der Waals surface area contributed by atoms with E-state index in [0.29, 0.717) is 12.0 Å². The fourth-order valence-electron chi connectivity index (χ4n) is 3.91. The summed E-state index contributed by atoms with van der Waals surface area (Å²) in [5.41, 5.74) is 7.66. The van der Waals surface area contributed by atoms with E-state index in [2.05, 4.69) is 26.1 Å². The molecule has 1 aromatic rings. The van der Waals surface area contributed by atoms with Crippen molar-refractivity contribution in [3.05, 3.63) is 40.8 Å². The van der Waals surface area contributed by atoms with E-state index in [-0.39, 0.29) is 6.04 Å². The lowest BCUT2D eigenvalue weighted by atomic mass is 9.81. The quantitative estimate of drug-likeness (QED) is 0.758. The molecular formula is C17H19FN6. The van der Waals surface area contributed by atoms with Gasteiger partial charge in [-0.1, -0.05) is 6.08 Å². The normalized spacial score (nSPS) is 30.4. The number of alkyl halides is 1. The first-order chi connectivity index (χ1) is 11.8. The van der Waals surface area contributed by atoms with Crippen LogP contribution in [0.5, 0.6) is 0 Å². The van der Waals surface area contributed by atoms with Crippen LogP contribution < -0.4 is 16.1 Å². The summed E-state index contributed by atoms with van der Waals surface area (Å²) in [6.45, 7) is 2.00. The van der Waals surface area contributed by atoms with Crippen molar-refractivity contribution in [2.45, 2.75) is 37.5 Å². The van der Waals surface area contributed by atoms with Crippen molar-refractivity contribution < 1.29 is 4.39 Å². The lowest BCUT2D eigenvalue weighted by molar-refractivity contribution is 0.336. The lowest BCUT2D eigenvalue weighted by Crippen LogP contribution is -2.39. The summed E-state index contributed by atoms with van der Waals surface area (Å²) in [7, 11) is 0. The highest BCUT2D eigenvalue weighted by atomic mass is 19.1. The molecule has 124 valence electrons. The Kier molecular flexibility index (Phi) is 3.16. The molecule has 2 aliphatic carbocycles. The Hall–Kier alpha value is -2.28. The smallest absolute Gasteiger partial charge is 0.223 e. The Morgan fingerprint density at radius 1 is 1.33 bits per heavy atom. The van der Waals surface area contributed by atoms with Gasteiger partial charge in [-0.05, 0) is 31.0 Å². The summed E-state index contributed by atoms with van der Waals surface area (Å²) in [6, 6.07) is -0.0264. The molecule has 1 saturated heterocycles. The number of nitrogens with zero attached hydrogens (tertiary/aromatic N) is 3. The van der Waals surface area contributed by atoms with Gasteiger partial charge in [-0.15, -0.1) is 0 Å². The Morgan fingerprint density at radius 3 is 3.17 bits per heavy atom. The monoisotopic (exact) mass is 326 g/mol.